The largest absolute Gasteiger partial charge is 0.340 e. The minimum Gasteiger partial charge on any atom is -0.340 e. The van der Waals surface area contributed by atoms with Gasteiger partial charge >= 0.3 is 0 Å². The van der Waals surface area contributed by atoms with Gasteiger partial charge < -0.3 is 5.32 Å². The van der Waals surface area contributed by atoms with Crippen LogP contribution < -0.4 is 5.32 Å². The molecular weight excluding hydrogens is 320 g/mol. The average molecular weight is 331 g/mol. The van der Waals surface area contributed by atoms with E-state index in [4.69, 9.17) is 21.8 Å². The van der Waals surface area contributed by atoms with Gasteiger partial charge in [0, 0.05) is 39.3 Å². The smallest absolute Gasteiger partial charge is 0.139 e. The molecule has 1 N–H and O–H groups in total. The molecule has 0 saturated heterocycles. The van der Waals surface area contributed by atoms with Crippen LogP contribution in [0.1, 0.15) is 5.56 Å². The molecule has 0 radical (unpaired) electrons. The molecule has 0 aliphatic rings. The third-order valence-electron chi connectivity index (χ3n) is 3.81. The number of benzene rings is 2. The lowest BCUT2D eigenvalue weighted by Crippen LogP contribution is -1.96. The Labute approximate surface area is 143 Å². The number of nitrogens with zero attached hydrogens (tertiary/aromatic N) is 3. The summed E-state index contributed by atoms with van der Waals surface area (Å²) in [4.78, 5) is 8.93. The van der Waals surface area contributed by atoms with E-state index in [-0.39, 0.29) is 0 Å². The second-order valence-corrected chi connectivity index (χ2v) is 5.80. The lowest BCUT2D eigenvalue weighted by atomic mass is 10.1. The molecule has 0 atom stereocenters. The Balaban J connectivity index is 1.97. The molecule has 2 heterocycles. The van der Waals surface area contributed by atoms with E-state index in [1.54, 1.807) is 18.3 Å². The van der Waals surface area contributed by atoms with E-state index in [1.165, 1.54) is 0 Å². The number of hydrogen-bond acceptors (Lipinski definition) is 4. The normalized spacial score (nSPS) is 10.7. The number of hydrogen-bond donors (Lipinski definition) is 1. The van der Waals surface area contributed by atoms with E-state index in [0.29, 0.717) is 16.4 Å². The molecule has 0 saturated carbocycles. The Hall–Kier alpha value is -3.16. The molecule has 0 amide bonds. The van der Waals surface area contributed by atoms with Crippen LogP contribution in [0.4, 0.5) is 11.5 Å². The van der Waals surface area contributed by atoms with Crippen molar-refractivity contribution in [3.8, 4) is 6.07 Å². The van der Waals surface area contributed by atoms with E-state index in [0.717, 1.165) is 27.4 Å². The number of pyridine rings is 2. The van der Waals surface area contributed by atoms with Crippen LogP contribution >= 0.6 is 11.6 Å². The summed E-state index contributed by atoms with van der Waals surface area (Å²) in [6.45, 7) is 0. The summed E-state index contributed by atoms with van der Waals surface area (Å²) in [5, 5.41) is 16.0. The van der Waals surface area contributed by atoms with Crippen LogP contribution in [0.2, 0.25) is 5.02 Å². The van der Waals surface area contributed by atoms with E-state index in [9.17, 15) is 0 Å². The van der Waals surface area contributed by atoms with Gasteiger partial charge in [-0.3, -0.25) is 4.98 Å². The van der Waals surface area contributed by atoms with Crippen LogP contribution in [-0.4, -0.2) is 9.97 Å². The summed E-state index contributed by atoms with van der Waals surface area (Å²) in [5.41, 5.74) is 2.18. The third kappa shape index (κ3) is 2.51. The molecule has 2 aromatic heterocycles. The molecule has 2 aromatic carbocycles. The number of halogens is 1. The van der Waals surface area contributed by atoms with Crippen molar-refractivity contribution >= 4 is 44.8 Å². The number of nitrogens with one attached hydrogen (secondary N) is 1. The summed E-state index contributed by atoms with van der Waals surface area (Å²) >= 11 is 6.06. The molecule has 114 valence electrons. The highest BCUT2D eigenvalue weighted by atomic mass is 35.5. The molecule has 0 aliphatic heterocycles. The highest BCUT2D eigenvalue weighted by Crippen LogP contribution is 2.31. The molecular formula is C19H11ClN4. The molecule has 0 unspecified atom stereocenters. The molecule has 4 rings (SSSR count). The zero-order chi connectivity index (χ0) is 16.5. The van der Waals surface area contributed by atoms with Gasteiger partial charge in [-0.2, -0.15) is 5.26 Å². The summed E-state index contributed by atoms with van der Waals surface area (Å²) in [6, 6.07) is 17.0. The van der Waals surface area contributed by atoms with E-state index in [2.05, 4.69) is 16.4 Å². The van der Waals surface area contributed by atoms with Gasteiger partial charge in [-0.15, -0.1) is 0 Å². The molecule has 24 heavy (non-hydrogen) atoms. The molecule has 4 nitrogen and oxygen atoms in total. The lowest BCUT2D eigenvalue weighted by molar-refractivity contribution is 1.34. The van der Waals surface area contributed by atoms with Crippen LogP contribution in [0.25, 0.3) is 21.7 Å². The monoisotopic (exact) mass is 330 g/mol. The quantitative estimate of drug-likeness (QED) is 0.522. The van der Waals surface area contributed by atoms with Gasteiger partial charge in [0.2, 0.25) is 0 Å². The van der Waals surface area contributed by atoms with Gasteiger partial charge in [0.05, 0.1) is 17.1 Å². The standard InChI is InChI=1S/C19H11ClN4/c20-13-2-1-3-14(9-13)23-19-16-6-7-22-11-17(16)15-5-4-12(10-21)8-18(15)24-19/h1-9,11H,(H,23,24). The van der Waals surface area contributed by atoms with Gasteiger partial charge in [0.25, 0.3) is 0 Å². The van der Waals surface area contributed by atoms with Crippen LogP contribution in [-0.2, 0) is 0 Å². The van der Waals surface area contributed by atoms with Crippen molar-refractivity contribution < 1.29 is 0 Å². The summed E-state index contributed by atoms with van der Waals surface area (Å²) in [6.07, 6.45) is 3.55. The Morgan fingerprint density at radius 1 is 1.00 bits per heavy atom. The second kappa shape index (κ2) is 5.80. The fraction of sp³-hybridized carbons (Fsp3) is 0. The summed E-state index contributed by atoms with van der Waals surface area (Å²) < 4.78 is 0. The zero-order valence-corrected chi connectivity index (χ0v) is 13.2. The number of anilines is 2. The first kappa shape index (κ1) is 14.4. The predicted molar refractivity (Wildman–Crippen MR) is 96.5 cm³/mol. The molecule has 0 bridgehead atoms. The van der Waals surface area contributed by atoms with Gasteiger partial charge in [-0.1, -0.05) is 23.7 Å². The molecule has 0 spiro atoms. The average Bonchev–Trinajstić information content (AvgIpc) is 2.61. The fourth-order valence-corrected chi connectivity index (χ4v) is 2.91. The Morgan fingerprint density at radius 3 is 2.75 bits per heavy atom. The predicted octanol–water partition coefficient (Wildman–Crippen LogP) is 5.05. The first-order valence-electron chi connectivity index (χ1n) is 7.35. The first-order valence-corrected chi connectivity index (χ1v) is 7.72. The molecule has 5 heteroatoms. The first-order chi connectivity index (χ1) is 11.7. The van der Waals surface area contributed by atoms with E-state index < -0.39 is 0 Å². The molecule has 0 aliphatic carbocycles. The van der Waals surface area contributed by atoms with Crippen molar-refractivity contribution in [3.05, 3.63) is 71.5 Å². The van der Waals surface area contributed by atoms with Gasteiger partial charge in [0.1, 0.15) is 5.82 Å². The zero-order valence-electron chi connectivity index (χ0n) is 12.5. The highest BCUT2D eigenvalue weighted by molar-refractivity contribution is 6.30. The number of aromatic nitrogens is 2. The Bertz CT molecular complexity index is 1120. The van der Waals surface area contributed by atoms with Crippen molar-refractivity contribution in [2.45, 2.75) is 0 Å². The maximum Gasteiger partial charge on any atom is 0.139 e. The van der Waals surface area contributed by atoms with Crippen molar-refractivity contribution in [3.63, 3.8) is 0 Å². The topological polar surface area (TPSA) is 61.6 Å². The highest BCUT2D eigenvalue weighted by Gasteiger charge is 2.09. The fourth-order valence-electron chi connectivity index (χ4n) is 2.72. The number of fused-ring (bicyclic) bond motifs is 3. The second-order valence-electron chi connectivity index (χ2n) is 5.36. The van der Waals surface area contributed by atoms with Gasteiger partial charge in [-0.25, -0.2) is 4.98 Å². The van der Waals surface area contributed by atoms with Crippen LogP contribution in [0.15, 0.2) is 60.9 Å². The van der Waals surface area contributed by atoms with Gasteiger partial charge in [0.15, 0.2) is 0 Å². The Morgan fingerprint density at radius 2 is 1.92 bits per heavy atom. The number of rotatable bonds is 2. The van der Waals surface area contributed by atoms with Crippen molar-refractivity contribution in [2.75, 3.05) is 5.32 Å². The van der Waals surface area contributed by atoms with Crippen LogP contribution in [0.5, 0.6) is 0 Å². The summed E-state index contributed by atoms with van der Waals surface area (Å²) in [5.74, 6) is 0.706. The minimum absolute atomic E-state index is 0.576. The van der Waals surface area contributed by atoms with E-state index in [1.807, 2.05) is 42.6 Å². The van der Waals surface area contributed by atoms with E-state index >= 15 is 0 Å². The van der Waals surface area contributed by atoms with Gasteiger partial charge in [-0.05, 0) is 36.4 Å². The minimum atomic E-state index is 0.576. The third-order valence-corrected chi connectivity index (χ3v) is 4.05. The number of nitriles is 1. The van der Waals surface area contributed by atoms with Crippen LogP contribution in [0.3, 0.4) is 0 Å². The SMILES string of the molecule is N#Cc1ccc2c(c1)nc(Nc1cccc(Cl)c1)c1ccncc12. The maximum absolute atomic E-state index is 9.12. The molecule has 0 fully saturated rings. The van der Waals surface area contributed by atoms with Crippen molar-refractivity contribution in [2.24, 2.45) is 0 Å². The van der Waals surface area contributed by atoms with Crippen LogP contribution in [0, 0.1) is 11.3 Å². The van der Waals surface area contributed by atoms with Crippen molar-refractivity contribution in [1.29, 1.82) is 5.26 Å². The maximum atomic E-state index is 9.12. The lowest BCUT2D eigenvalue weighted by Gasteiger charge is -2.11. The summed E-state index contributed by atoms with van der Waals surface area (Å²) in [7, 11) is 0. The van der Waals surface area contributed by atoms with Crippen molar-refractivity contribution in [1.82, 2.24) is 9.97 Å². The Kier molecular flexibility index (Phi) is 3.49. The molecule has 4 aromatic rings.